The summed E-state index contributed by atoms with van der Waals surface area (Å²) in [5.74, 6) is 0.325. The molecule has 23 heavy (non-hydrogen) atoms. The van der Waals surface area contributed by atoms with Gasteiger partial charge in [0.1, 0.15) is 0 Å². The second-order valence-corrected chi connectivity index (χ2v) is 6.40. The first kappa shape index (κ1) is 16.0. The summed E-state index contributed by atoms with van der Waals surface area (Å²) in [6, 6.07) is 7.76. The van der Waals surface area contributed by atoms with Gasteiger partial charge in [0, 0.05) is 43.5 Å². The zero-order chi connectivity index (χ0) is 16.2. The van der Waals surface area contributed by atoms with Gasteiger partial charge in [0.05, 0.1) is 0 Å². The Kier molecular flexibility index (Phi) is 4.96. The Labute approximate surface area is 137 Å². The number of ether oxygens (including phenoxy) is 1. The van der Waals surface area contributed by atoms with Crippen LogP contribution in [0.2, 0.25) is 0 Å². The van der Waals surface area contributed by atoms with E-state index in [1.54, 1.807) is 6.92 Å². The van der Waals surface area contributed by atoms with Crippen LogP contribution in [0.1, 0.15) is 39.0 Å². The average Bonchev–Trinajstić information content (AvgIpc) is 2.48. The molecule has 1 aromatic carbocycles. The maximum absolute atomic E-state index is 12.1. The zero-order valence-electron chi connectivity index (χ0n) is 13.6. The molecule has 0 unspecified atom stereocenters. The second-order valence-electron chi connectivity index (χ2n) is 6.40. The van der Waals surface area contributed by atoms with Crippen molar-refractivity contribution >= 4 is 23.2 Å². The van der Waals surface area contributed by atoms with Gasteiger partial charge in [-0.2, -0.15) is 0 Å². The summed E-state index contributed by atoms with van der Waals surface area (Å²) in [7, 11) is 0. The Morgan fingerprint density at radius 1 is 1.09 bits per heavy atom. The van der Waals surface area contributed by atoms with Crippen LogP contribution in [0, 0.1) is 5.92 Å². The lowest BCUT2D eigenvalue weighted by molar-refractivity contribution is -0.122. The quantitative estimate of drug-likeness (QED) is 0.929. The summed E-state index contributed by atoms with van der Waals surface area (Å²) in [4.78, 5) is 25.9. The van der Waals surface area contributed by atoms with Gasteiger partial charge in [-0.05, 0) is 49.9 Å². The topological polar surface area (TPSA) is 58.6 Å². The van der Waals surface area contributed by atoms with Crippen LogP contribution in [0.15, 0.2) is 24.3 Å². The molecule has 1 aliphatic carbocycles. The molecule has 1 N–H and O–H groups in total. The van der Waals surface area contributed by atoms with Gasteiger partial charge in [-0.3, -0.25) is 9.59 Å². The van der Waals surface area contributed by atoms with E-state index in [1.807, 2.05) is 29.2 Å². The molecular weight excluding hydrogens is 292 g/mol. The standard InChI is InChI=1S/C18H24N2O3/c1-13(21)20(17-9-11-23-12-10-17)16-7-5-15(6-8-16)19-18(22)14-3-2-4-14/h5-8,14,17H,2-4,9-12H2,1H3,(H,19,22). The largest absolute Gasteiger partial charge is 0.381 e. The van der Waals surface area contributed by atoms with E-state index >= 15 is 0 Å². The lowest BCUT2D eigenvalue weighted by Gasteiger charge is -2.33. The van der Waals surface area contributed by atoms with Gasteiger partial charge >= 0.3 is 0 Å². The van der Waals surface area contributed by atoms with Crippen LogP contribution in [0.25, 0.3) is 0 Å². The molecule has 2 fully saturated rings. The van der Waals surface area contributed by atoms with Crippen molar-refractivity contribution in [3.05, 3.63) is 24.3 Å². The summed E-state index contributed by atoms with van der Waals surface area (Å²) in [5, 5.41) is 2.96. The minimum atomic E-state index is 0.0446. The van der Waals surface area contributed by atoms with E-state index in [1.165, 1.54) is 0 Å². The number of nitrogens with one attached hydrogen (secondary N) is 1. The number of amides is 2. The van der Waals surface area contributed by atoms with Crippen molar-refractivity contribution in [1.29, 1.82) is 0 Å². The highest BCUT2D eigenvalue weighted by Gasteiger charge is 2.26. The molecule has 2 aliphatic rings. The monoisotopic (exact) mass is 316 g/mol. The minimum Gasteiger partial charge on any atom is -0.381 e. The predicted octanol–water partition coefficient (Wildman–Crippen LogP) is 2.96. The van der Waals surface area contributed by atoms with Gasteiger partial charge in [0.25, 0.3) is 0 Å². The highest BCUT2D eigenvalue weighted by atomic mass is 16.5. The van der Waals surface area contributed by atoms with Crippen molar-refractivity contribution in [2.24, 2.45) is 5.92 Å². The summed E-state index contributed by atoms with van der Waals surface area (Å²) >= 11 is 0. The predicted molar refractivity (Wildman–Crippen MR) is 89.4 cm³/mol. The first-order valence-corrected chi connectivity index (χ1v) is 8.43. The molecule has 5 nitrogen and oxygen atoms in total. The average molecular weight is 316 g/mol. The molecule has 2 amide bonds. The van der Waals surface area contributed by atoms with Crippen molar-refractivity contribution in [1.82, 2.24) is 0 Å². The number of hydrogen-bond donors (Lipinski definition) is 1. The summed E-state index contributed by atoms with van der Waals surface area (Å²) < 4.78 is 5.38. The highest BCUT2D eigenvalue weighted by Crippen LogP contribution is 2.28. The highest BCUT2D eigenvalue weighted by molar-refractivity contribution is 5.94. The smallest absolute Gasteiger partial charge is 0.227 e. The number of carbonyl (C=O) groups excluding carboxylic acids is 2. The molecule has 1 aromatic rings. The van der Waals surface area contributed by atoms with Crippen LogP contribution in [0.3, 0.4) is 0 Å². The first-order chi connectivity index (χ1) is 11.1. The molecule has 5 heteroatoms. The van der Waals surface area contributed by atoms with Crippen molar-refractivity contribution in [3.63, 3.8) is 0 Å². The number of carbonyl (C=O) groups is 2. The van der Waals surface area contributed by atoms with E-state index in [-0.39, 0.29) is 23.8 Å². The molecule has 124 valence electrons. The van der Waals surface area contributed by atoms with Gasteiger partial charge < -0.3 is 15.0 Å². The molecule has 0 aromatic heterocycles. The van der Waals surface area contributed by atoms with Gasteiger partial charge in [0.15, 0.2) is 0 Å². The fourth-order valence-corrected chi connectivity index (χ4v) is 3.21. The Hall–Kier alpha value is -1.88. The fourth-order valence-electron chi connectivity index (χ4n) is 3.21. The van der Waals surface area contributed by atoms with Crippen molar-refractivity contribution < 1.29 is 14.3 Å². The SMILES string of the molecule is CC(=O)N(c1ccc(NC(=O)C2CCC2)cc1)C1CCOCC1. The van der Waals surface area contributed by atoms with E-state index < -0.39 is 0 Å². The molecule has 0 radical (unpaired) electrons. The normalized spacial score (nSPS) is 19.0. The van der Waals surface area contributed by atoms with E-state index in [9.17, 15) is 9.59 Å². The van der Waals surface area contributed by atoms with Gasteiger partial charge in [-0.1, -0.05) is 6.42 Å². The Bertz CT molecular complexity index is 560. The minimum absolute atomic E-state index is 0.0446. The molecule has 0 atom stereocenters. The molecular formula is C18H24N2O3. The number of hydrogen-bond acceptors (Lipinski definition) is 3. The molecule has 1 saturated heterocycles. The van der Waals surface area contributed by atoms with Crippen LogP contribution in [0.5, 0.6) is 0 Å². The molecule has 1 heterocycles. The summed E-state index contributed by atoms with van der Waals surface area (Å²) in [6.07, 6.45) is 4.85. The van der Waals surface area contributed by atoms with Crippen molar-refractivity contribution in [3.8, 4) is 0 Å². The maximum Gasteiger partial charge on any atom is 0.227 e. The fraction of sp³-hybridized carbons (Fsp3) is 0.556. The summed E-state index contributed by atoms with van der Waals surface area (Å²) in [6.45, 7) is 3.00. The third-order valence-electron chi connectivity index (χ3n) is 4.78. The second kappa shape index (κ2) is 7.13. The number of rotatable bonds is 4. The number of anilines is 2. The Morgan fingerprint density at radius 3 is 2.26 bits per heavy atom. The van der Waals surface area contributed by atoms with E-state index in [0.29, 0.717) is 13.2 Å². The Balaban J connectivity index is 1.68. The molecule has 3 rings (SSSR count). The third-order valence-corrected chi connectivity index (χ3v) is 4.78. The van der Waals surface area contributed by atoms with Crippen LogP contribution in [0.4, 0.5) is 11.4 Å². The molecule has 0 spiro atoms. The zero-order valence-corrected chi connectivity index (χ0v) is 13.6. The third kappa shape index (κ3) is 3.72. The van der Waals surface area contributed by atoms with Crippen LogP contribution < -0.4 is 10.2 Å². The lowest BCUT2D eigenvalue weighted by atomic mass is 9.85. The first-order valence-electron chi connectivity index (χ1n) is 8.43. The number of benzene rings is 1. The molecule has 1 aliphatic heterocycles. The van der Waals surface area contributed by atoms with Crippen LogP contribution in [-0.2, 0) is 14.3 Å². The molecule has 0 bridgehead atoms. The summed E-state index contributed by atoms with van der Waals surface area (Å²) in [5.41, 5.74) is 1.67. The van der Waals surface area contributed by atoms with E-state index in [4.69, 9.17) is 4.74 Å². The number of nitrogens with zero attached hydrogens (tertiary/aromatic N) is 1. The van der Waals surface area contributed by atoms with Gasteiger partial charge in [-0.15, -0.1) is 0 Å². The van der Waals surface area contributed by atoms with Gasteiger partial charge in [0.2, 0.25) is 11.8 Å². The lowest BCUT2D eigenvalue weighted by Crippen LogP contribution is -2.42. The van der Waals surface area contributed by atoms with E-state index in [0.717, 1.165) is 43.5 Å². The Morgan fingerprint density at radius 2 is 1.74 bits per heavy atom. The van der Waals surface area contributed by atoms with Crippen molar-refractivity contribution in [2.45, 2.75) is 45.1 Å². The van der Waals surface area contributed by atoms with Crippen molar-refractivity contribution in [2.75, 3.05) is 23.4 Å². The van der Waals surface area contributed by atoms with Crippen LogP contribution in [-0.4, -0.2) is 31.1 Å². The van der Waals surface area contributed by atoms with Gasteiger partial charge in [-0.25, -0.2) is 0 Å². The van der Waals surface area contributed by atoms with E-state index in [2.05, 4.69) is 5.32 Å². The maximum atomic E-state index is 12.1. The molecule has 1 saturated carbocycles. The van der Waals surface area contributed by atoms with Crippen LogP contribution >= 0.6 is 0 Å².